The Labute approximate surface area is 111 Å². The second kappa shape index (κ2) is 7.68. The number of urea groups is 1. The van der Waals surface area contributed by atoms with Gasteiger partial charge in [-0.2, -0.15) is 0 Å². The third kappa shape index (κ3) is 4.48. The lowest BCUT2D eigenvalue weighted by molar-refractivity contribution is 0.180. The molecule has 0 bridgehead atoms. The maximum absolute atomic E-state index is 13.3. The lowest BCUT2D eigenvalue weighted by Crippen LogP contribution is -2.42. The van der Waals surface area contributed by atoms with E-state index in [4.69, 9.17) is 5.11 Å². The van der Waals surface area contributed by atoms with Crippen LogP contribution in [0, 0.1) is 11.6 Å². The van der Waals surface area contributed by atoms with Crippen LogP contribution in [-0.4, -0.2) is 42.3 Å². The summed E-state index contributed by atoms with van der Waals surface area (Å²) in [5.74, 6) is -1.23. The number of likely N-dealkylation sites (N-methyl/N-ethyl adjacent to an activating group) is 1. The first-order valence-electron chi connectivity index (χ1n) is 6.16. The number of carbonyl (C=O) groups excluding carboxylic acids is 1. The predicted octanol–water partition coefficient (Wildman–Crippen LogP) is 1.53. The van der Waals surface area contributed by atoms with Crippen LogP contribution in [0.15, 0.2) is 18.2 Å². The molecule has 0 saturated heterocycles. The van der Waals surface area contributed by atoms with Crippen LogP contribution in [0.2, 0.25) is 0 Å². The minimum Gasteiger partial charge on any atom is -0.395 e. The Morgan fingerprint density at radius 2 is 2.00 bits per heavy atom. The number of hydrogen-bond acceptors (Lipinski definition) is 2. The van der Waals surface area contributed by atoms with Crippen LogP contribution in [0.4, 0.5) is 13.6 Å². The zero-order valence-corrected chi connectivity index (χ0v) is 10.8. The van der Waals surface area contributed by atoms with E-state index in [0.717, 1.165) is 0 Å². The molecular formula is C13H18F2N2O2. The van der Waals surface area contributed by atoms with E-state index >= 15 is 0 Å². The third-order valence-electron chi connectivity index (χ3n) is 2.75. The monoisotopic (exact) mass is 272 g/mol. The van der Waals surface area contributed by atoms with Crippen molar-refractivity contribution in [1.82, 2.24) is 10.2 Å². The van der Waals surface area contributed by atoms with Crippen molar-refractivity contribution in [2.75, 3.05) is 26.2 Å². The van der Waals surface area contributed by atoms with E-state index in [9.17, 15) is 13.6 Å². The van der Waals surface area contributed by atoms with Gasteiger partial charge in [0.2, 0.25) is 0 Å². The molecule has 19 heavy (non-hydrogen) atoms. The smallest absolute Gasteiger partial charge is 0.317 e. The van der Waals surface area contributed by atoms with Crippen LogP contribution in [0.5, 0.6) is 0 Å². The highest BCUT2D eigenvalue weighted by Gasteiger charge is 2.12. The number of nitrogens with zero attached hydrogens (tertiary/aromatic N) is 1. The van der Waals surface area contributed by atoms with Gasteiger partial charge < -0.3 is 15.3 Å². The van der Waals surface area contributed by atoms with Gasteiger partial charge in [0.25, 0.3) is 0 Å². The van der Waals surface area contributed by atoms with Crippen LogP contribution >= 0.6 is 0 Å². The molecule has 0 radical (unpaired) electrons. The molecule has 0 heterocycles. The normalized spacial score (nSPS) is 10.3. The van der Waals surface area contributed by atoms with Gasteiger partial charge in [-0.05, 0) is 25.5 Å². The second-order valence-electron chi connectivity index (χ2n) is 3.99. The van der Waals surface area contributed by atoms with E-state index in [2.05, 4.69) is 5.32 Å². The number of nitrogens with one attached hydrogen (secondary N) is 1. The molecule has 1 aromatic rings. The summed E-state index contributed by atoms with van der Waals surface area (Å²) in [5.41, 5.74) is -0.0343. The number of aliphatic hydroxyl groups is 1. The molecule has 106 valence electrons. The van der Waals surface area contributed by atoms with Crippen molar-refractivity contribution in [3.05, 3.63) is 35.4 Å². The van der Waals surface area contributed by atoms with E-state index in [1.807, 2.05) is 0 Å². The van der Waals surface area contributed by atoms with E-state index in [-0.39, 0.29) is 37.7 Å². The first-order valence-corrected chi connectivity index (χ1v) is 6.16. The molecule has 0 aromatic heterocycles. The van der Waals surface area contributed by atoms with Crippen LogP contribution in [0.3, 0.4) is 0 Å². The summed E-state index contributed by atoms with van der Waals surface area (Å²) < 4.78 is 26.6. The van der Waals surface area contributed by atoms with Crippen molar-refractivity contribution in [3.8, 4) is 0 Å². The van der Waals surface area contributed by atoms with Crippen molar-refractivity contribution in [2.45, 2.75) is 13.3 Å². The number of amides is 2. The summed E-state index contributed by atoms with van der Waals surface area (Å²) in [6.45, 7) is 2.49. The van der Waals surface area contributed by atoms with Gasteiger partial charge in [0.1, 0.15) is 11.6 Å². The summed E-state index contributed by atoms with van der Waals surface area (Å²) in [6.07, 6.45) is 0.0843. The zero-order chi connectivity index (χ0) is 14.3. The number of aliphatic hydroxyl groups excluding tert-OH is 1. The molecule has 6 heteroatoms. The summed E-state index contributed by atoms with van der Waals surface area (Å²) >= 11 is 0. The summed E-state index contributed by atoms with van der Waals surface area (Å²) in [4.78, 5) is 13.1. The molecule has 1 rings (SSSR count). The molecule has 0 saturated carbocycles. The maximum Gasteiger partial charge on any atom is 0.317 e. The number of rotatable bonds is 6. The van der Waals surface area contributed by atoms with Crippen molar-refractivity contribution in [1.29, 1.82) is 0 Å². The Balaban J connectivity index is 2.48. The lowest BCUT2D eigenvalue weighted by atomic mass is 10.1. The summed E-state index contributed by atoms with van der Waals surface area (Å²) in [7, 11) is 0. The second-order valence-corrected chi connectivity index (χ2v) is 3.99. The van der Waals surface area contributed by atoms with Crippen LogP contribution in [-0.2, 0) is 6.42 Å². The van der Waals surface area contributed by atoms with Gasteiger partial charge in [-0.3, -0.25) is 0 Å². The Morgan fingerprint density at radius 1 is 1.37 bits per heavy atom. The average Bonchev–Trinajstić information content (AvgIpc) is 2.39. The lowest BCUT2D eigenvalue weighted by Gasteiger charge is -2.20. The topological polar surface area (TPSA) is 52.6 Å². The SMILES string of the molecule is CCN(CCO)C(=O)NCCc1c(F)cccc1F. The van der Waals surface area contributed by atoms with Crippen LogP contribution < -0.4 is 5.32 Å². The Bertz CT molecular complexity index is 407. The molecule has 0 atom stereocenters. The molecule has 1 aromatic carbocycles. The fourth-order valence-electron chi connectivity index (χ4n) is 1.70. The number of halogens is 2. The molecule has 0 spiro atoms. The van der Waals surface area contributed by atoms with Gasteiger partial charge in [-0.15, -0.1) is 0 Å². The molecular weight excluding hydrogens is 254 g/mol. The van der Waals surface area contributed by atoms with Crippen molar-refractivity contribution >= 4 is 6.03 Å². The molecule has 0 aliphatic rings. The van der Waals surface area contributed by atoms with Gasteiger partial charge in [-0.1, -0.05) is 6.07 Å². The molecule has 4 nitrogen and oxygen atoms in total. The van der Waals surface area contributed by atoms with Gasteiger partial charge in [0, 0.05) is 25.2 Å². The fourth-order valence-corrected chi connectivity index (χ4v) is 1.70. The van der Waals surface area contributed by atoms with Gasteiger partial charge in [0.15, 0.2) is 0 Å². The standard InChI is InChI=1S/C13H18F2N2O2/c1-2-17(8-9-18)13(19)16-7-6-10-11(14)4-3-5-12(10)15/h3-5,18H,2,6-9H2,1H3,(H,16,19). The molecule has 0 fully saturated rings. The highest BCUT2D eigenvalue weighted by Crippen LogP contribution is 2.12. The van der Waals surface area contributed by atoms with E-state index in [1.54, 1.807) is 6.92 Å². The first kappa shape index (κ1) is 15.4. The number of benzene rings is 1. The first-order chi connectivity index (χ1) is 9.10. The molecule has 0 aliphatic heterocycles. The number of carbonyl (C=O) groups is 1. The number of hydrogen-bond donors (Lipinski definition) is 2. The third-order valence-corrected chi connectivity index (χ3v) is 2.75. The van der Waals surface area contributed by atoms with Gasteiger partial charge >= 0.3 is 6.03 Å². The highest BCUT2D eigenvalue weighted by molar-refractivity contribution is 5.74. The average molecular weight is 272 g/mol. The van der Waals surface area contributed by atoms with E-state index in [1.165, 1.54) is 23.1 Å². The summed E-state index contributed by atoms with van der Waals surface area (Å²) in [6, 6.07) is 3.31. The quantitative estimate of drug-likeness (QED) is 0.825. The highest BCUT2D eigenvalue weighted by atomic mass is 19.1. The molecule has 0 unspecified atom stereocenters. The predicted molar refractivity (Wildman–Crippen MR) is 67.8 cm³/mol. The van der Waals surface area contributed by atoms with Crippen LogP contribution in [0.1, 0.15) is 12.5 Å². The molecule has 0 aliphatic carbocycles. The van der Waals surface area contributed by atoms with Gasteiger partial charge in [-0.25, -0.2) is 13.6 Å². The van der Waals surface area contributed by atoms with E-state index in [0.29, 0.717) is 6.54 Å². The van der Waals surface area contributed by atoms with Crippen LogP contribution in [0.25, 0.3) is 0 Å². The van der Waals surface area contributed by atoms with Crippen molar-refractivity contribution in [2.24, 2.45) is 0 Å². The van der Waals surface area contributed by atoms with E-state index < -0.39 is 11.6 Å². The fraction of sp³-hybridized carbons (Fsp3) is 0.462. The Morgan fingerprint density at radius 3 is 2.53 bits per heavy atom. The van der Waals surface area contributed by atoms with Gasteiger partial charge in [0.05, 0.1) is 6.61 Å². The zero-order valence-electron chi connectivity index (χ0n) is 10.8. The summed E-state index contributed by atoms with van der Waals surface area (Å²) in [5, 5.41) is 11.3. The Kier molecular flexibility index (Phi) is 6.21. The van der Waals surface area contributed by atoms with Crippen molar-refractivity contribution in [3.63, 3.8) is 0 Å². The van der Waals surface area contributed by atoms with Crippen molar-refractivity contribution < 1.29 is 18.7 Å². The maximum atomic E-state index is 13.3. The molecule has 2 N–H and O–H groups in total. The Hall–Kier alpha value is -1.69. The molecule has 2 amide bonds. The minimum atomic E-state index is -0.614. The largest absolute Gasteiger partial charge is 0.395 e. The minimum absolute atomic E-state index is 0.0343.